The predicted molar refractivity (Wildman–Crippen MR) is 50.8 cm³/mol. The van der Waals surface area contributed by atoms with E-state index in [1.807, 2.05) is 31.3 Å². The number of fused-ring (bicyclic) bond motifs is 1. The van der Waals surface area contributed by atoms with Crippen molar-refractivity contribution in [1.82, 2.24) is 9.61 Å². The summed E-state index contributed by atoms with van der Waals surface area (Å²) in [6, 6.07) is 5.73. The molecule has 0 fully saturated rings. The molecular formula is C9H11N3O. The fraction of sp³-hybridized carbons (Fsp3) is 0.222. The highest BCUT2D eigenvalue weighted by Crippen LogP contribution is 2.24. The Morgan fingerprint density at radius 2 is 2.38 bits per heavy atom. The summed E-state index contributed by atoms with van der Waals surface area (Å²) in [5.41, 5.74) is 7.30. The average Bonchev–Trinajstić information content (AvgIpc) is 2.46. The highest BCUT2D eigenvalue weighted by atomic mass is 16.5. The van der Waals surface area contributed by atoms with Crippen molar-refractivity contribution in [2.45, 2.75) is 6.92 Å². The van der Waals surface area contributed by atoms with Crippen LogP contribution in [0.1, 0.15) is 6.92 Å². The van der Waals surface area contributed by atoms with E-state index in [1.165, 1.54) is 0 Å². The lowest BCUT2D eigenvalue weighted by Crippen LogP contribution is -1.95. The van der Waals surface area contributed by atoms with Gasteiger partial charge < -0.3 is 10.5 Å². The van der Waals surface area contributed by atoms with E-state index in [1.54, 1.807) is 4.52 Å². The van der Waals surface area contributed by atoms with Gasteiger partial charge in [-0.05, 0) is 19.1 Å². The summed E-state index contributed by atoms with van der Waals surface area (Å²) >= 11 is 0. The van der Waals surface area contributed by atoms with E-state index in [2.05, 4.69) is 5.10 Å². The Morgan fingerprint density at radius 3 is 3.08 bits per heavy atom. The minimum Gasteiger partial charge on any atom is -0.475 e. The van der Waals surface area contributed by atoms with Crippen molar-refractivity contribution in [1.29, 1.82) is 0 Å². The first-order valence-electron chi connectivity index (χ1n) is 4.18. The minimum atomic E-state index is 0.508. The number of ether oxygens (including phenoxy) is 1. The number of pyridine rings is 1. The van der Waals surface area contributed by atoms with E-state index >= 15 is 0 Å². The third kappa shape index (κ3) is 1.20. The molecule has 0 aliphatic heterocycles. The lowest BCUT2D eigenvalue weighted by atomic mass is 10.4. The van der Waals surface area contributed by atoms with Gasteiger partial charge in [0, 0.05) is 6.20 Å². The Balaban J connectivity index is 2.60. The first kappa shape index (κ1) is 7.91. The molecule has 0 bridgehead atoms. The van der Waals surface area contributed by atoms with Crippen LogP contribution in [0.3, 0.4) is 0 Å². The van der Waals surface area contributed by atoms with Crippen LogP contribution in [0.5, 0.6) is 5.88 Å². The molecule has 13 heavy (non-hydrogen) atoms. The number of hydrogen-bond donors (Lipinski definition) is 1. The van der Waals surface area contributed by atoms with Crippen LogP contribution in [-0.2, 0) is 0 Å². The molecule has 4 heteroatoms. The maximum Gasteiger partial charge on any atom is 0.257 e. The summed E-state index contributed by atoms with van der Waals surface area (Å²) in [5.74, 6) is 0.508. The number of nitrogens with two attached hydrogens (primary N) is 1. The Bertz CT molecular complexity index is 422. The van der Waals surface area contributed by atoms with Gasteiger partial charge in [-0.1, -0.05) is 6.07 Å². The lowest BCUT2D eigenvalue weighted by Gasteiger charge is -1.96. The largest absolute Gasteiger partial charge is 0.475 e. The van der Waals surface area contributed by atoms with E-state index in [0.29, 0.717) is 18.2 Å². The van der Waals surface area contributed by atoms with Gasteiger partial charge in [0.25, 0.3) is 5.88 Å². The number of rotatable bonds is 2. The topological polar surface area (TPSA) is 52.5 Å². The van der Waals surface area contributed by atoms with Crippen LogP contribution in [-0.4, -0.2) is 16.2 Å². The zero-order valence-corrected chi connectivity index (χ0v) is 7.40. The Hall–Kier alpha value is -1.71. The van der Waals surface area contributed by atoms with Gasteiger partial charge in [0.1, 0.15) is 5.69 Å². The van der Waals surface area contributed by atoms with Crippen LogP contribution >= 0.6 is 0 Å². The van der Waals surface area contributed by atoms with E-state index in [9.17, 15) is 0 Å². The fourth-order valence-corrected chi connectivity index (χ4v) is 1.24. The first-order valence-corrected chi connectivity index (χ1v) is 4.18. The predicted octanol–water partition coefficient (Wildman–Crippen LogP) is 1.32. The third-order valence-electron chi connectivity index (χ3n) is 1.83. The van der Waals surface area contributed by atoms with Gasteiger partial charge in [-0.15, -0.1) is 5.10 Å². The summed E-state index contributed by atoms with van der Waals surface area (Å²) < 4.78 is 6.97. The van der Waals surface area contributed by atoms with E-state index in [0.717, 1.165) is 5.52 Å². The molecule has 68 valence electrons. The van der Waals surface area contributed by atoms with Gasteiger partial charge in [-0.3, -0.25) is 0 Å². The molecule has 0 saturated carbocycles. The molecule has 0 radical (unpaired) electrons. The monoisotopic (exact) mass is 177 g/mol. The Kier molecular flexibility index (Phi) is 1.81. The van der Waals surface area contributed by atoms with Crippen LogP contribution in [0.4, 0.5) is 5.69 Å². The number of anilines is 1. The second-order valence-electron chi connectivity index (χ2n) is 2.68. The fourth-order valence-electron chi connectivity index (χ4n) is 1.24. The van der Waals surface area contributed by atoms with E-state index in [4.69, 9.17) is 10.5 Å². The summed E-state index contributed by atoms with van der Waals surface area (Å²) in [7, 11) is 0. The molecule has 0 saturated heterocycles. The van der Waals surface area contributed by atoms with Gasteiger partial charge in [-0.25, -0.2) is 4.52 Å². The van der Waals surface area contributed by atoms with Gasteiger partial charge in [0.15, 0.2) is 0 Å². The maximum atomic E-state index is 5.82. The van der Waals surface area contributed by atoms with Crippen molar-refractivity contribution >= 4 is 11.2 Å². The summed E-state index contributed by atoms with van der Waals surface area (Å²) in [5, 5.41) is 4.17. The molecule has 0 aliphatic carbocycles. The number of hydrogen-bond acceptors (Lipinski definition) is 3. The Labute approximate surface area is 75.9 Å². The summed E-state index contributed by atoms with van der Waals surface area (Å²) in [4.78, 5) is 0. The molecule has 2 heterocycles. The van der Waals surface area contributed by atoms with E-state index < -0.39 is 0 Å². The van der Waals surface area contributed by atoms with E-state index in [-0.39, 0.29) is 0 Å². The number of aromatic nitrogens is 2. The quantitative estimate of drug-likeness (QED) is 0.752. The van der Waals surface area contributed by atoms with Crippen molar-refractivity contribution < 1.29 is 4.74 Å². The SMILES string of the molecule is CCOc1nn2ccccc2c1N. The number of nitrogens with zero attached hydrogens (tertiary/aromatic N) is 2. The molecule has 2 aromatic heterocycles. The molecule has 0 aliphatic rings. The molecule has 2 rings (SSSR count). The van der Waals surface area contributed by atoms with Crippen molar-refractivity contribution in [2.75, 3.05) is 12.3 Å². The standard InChI is InChI=1S/C9H11N3O/c1-2-13-9-8(10)7-5-3-4-6-12(7)11-9/h3-6H,2,10H2,1H3. The summed E-state index contributed by atoms with van der Waals surface area (Å²) in [6.07, 6.45) is 1.84. The second-order valence-corrected chi connectivity index (χ2v) is 2.68. The van der Waals surface area contributed by atoms with Crippen LogP contribution in [0, 0.1) is 0 Å². The van der Waals surface area contributed by atoms with Crippen LogP contribution < -0.4 is 10.5 Å². The highest BCUT2D eigenvalue weighted by molar-refractivity contribution is 5.74. The zero-order chi connectivity index (χ0) is 9.26. The van der Waals surface area contributed by atoms with Crippen LogP contribution in [0.15, 0.2) is 24.4 Å². The summed E-state index contributed by atoms with van der Waals surface area (Å²) in [6.45, 7) is 2.48. The molecule has 0 aromatic carbocycles. The highest BCUT2D eigenvalue weighted by Gasteiger charge is 2.08. The molecule has 0 atom stereocenters. The molecule has 0 spiro atoms. The maximum absolute atomic E-state index is 5.82. The second kappa shape index (κ2) is 2.97. The van der Waals surface area contributed by atoms with Gasteiger partial charge in [0.05, 0.1) is 12.1 Å². The van der Waals surface area contributed by atoms with Crippen LogP contribution in [0.25, 0.3) is 5.52 Å². The van der Waals surface area contributed by atoms with Crippen molar-refractivity contribution in [3.63, 3.8) is 0 Å². The van der Waals surface area contributed by atoms with Gasteiger partial charge >= 0.3 is 0 Å². The first-order chi connectivity index (χ1) is 6.33. The third-order valence-corrected chi connectivity index (χ3v) is 1.83. The molecule has 0 unspecified atom stereocenters. The Morgan fingerprint density at radius 1 is 1.54 bits per heavy atom. The smallest absolute Gasteiger partial charge is 0.257 e. The molecule has 2 aromatic rings. The van der Waals surface area contributed by atoms with Crippen molar-refractivity contribution in [3.05, 3.63) is 24.4 Å². The average molecular weight is 177 g/mol. The normalized spacial score (nSPS) is 10.5. The van der Waals surface area contributed by atoms with Crippen LogP contribution in [0.2, 0.25) is 0 Å². The minimum absolute atomic E-state index is 0.508. The van der Waals surface area contributed by atoms with Gasteiger partial charge in [0.2, 0.25) is 0 Å². The van der Waals surface area contributed by atoms with Crippen molar-refractivity contribution in [2.24, 2.45) is 0 Å². The lowest BCUT2D eigenvalue weighted by molar-refractivity contribution is 0.327. The van der Waals surface area contributed by atoms with Gasteiger partial charge in [-0.2, -0.15) is 0 Å². The number of nitrogen functional groups attached to an aromatic ring is 1. The molecule has 2 N–H and O–H groups in total. The molecule has 4 nitrogen and oxygen atoms in total. The molecule has 0 amide bonds. The zero-order valence-electron chi connectivity index (χ0n) is 7.40. The van der Waals surface area contributed by atoms with Crippen molar-refractivity contribution in [3.8, 4) is 5.88 Å². The molecular weight excluding hydrogens is 166 g/mol.